The Morgan fingerprint density at radius 1 is 1.32 bits per heavy atom. The van der Waals surface area contributed by atoms with Crippen LogP contribution in [0.4, 0.5) is 0 Å². The zero-order valence-corrected chi connectivity index (χ0v) is 15.6. The van der Waals surface area contributed by atoms with Gasteiger partial charge in [0.2, 0.25) is 4.96 Å². The van der Waals surface area contributed by atoms with Gasteiger partial charge in [0.05, 0.1) is 20.5 Å². The third-order valence-corrected chi connectivity index (χ3v) is 5.51. The predicted octanol–water partition coefficient (Wildman–Crippen LogP) is 2.95. The summed E-state index contributed by atoms with van der Waals surface area (Å²) < 4.78 is 12.5. The quantitative estimate of drug-likeness (QED) is 0.283. The van der Waals surface area contributed by atoms with Crippen LogP contribution in [0.3, 0.4) is 0 Å². The second kappa shape index (κ2) is 7.66. The first-order valence-electron chi connectivity index (χ1n) is 7.35. The van der Waals surface area contributed by atoms with Crippen LogP contribution in [-0.2, 0) is 20.0 Å². The average Bonchev–Trinajstić information content (AvgIpc) is 3.19. The molecule has 3 rings (SSSR count). The van der Waals surface area contributed by atoms with E-state index in [0.717, 1.165) is 26.3 Å². The lowest BCUT2D eigenvalue weighted by atomic mass is 10.0. The molecule has 0 saturated carbocycles. The van der Waals surface area contributed by atoms with Gasteiger partial charge in [-0.2, -0.15) is 4.52 Å². The van der Waals surface area contributed by atoms with E-state index in [-0.39, 0.29) is 0 Å². The maximum absolute atomic E-state index is 12.0. The lowest BCUT2D eigenvalue weighted by Crippen LogP contribution is -2.06. The molecule has 0 saturated heterocycles. The molecule has 2 aromatic heterocycles. The van der Waals surface area contributed by atoms with Crippen molar-refractivity contribution in [2.75, 3.05) is 14.2 Å². The van der Waals surface area contributed by atoms with Crippen LogP contribution >= 0.6 is 23.1 Å². The molecule has 0 atom stereocenters. The highest BCUT2D eigenvalue weighted by Crippen LogP contribution is 2.30. The Kier molecular flexibility index (Phi) is 5.34. The van der Waals surface area contributed by atoms with Crippen LogP contribution in [0, 0.1) is 6.92 Å². The molecule has 130 valence electrons. The maximum atomic E-state index is 12.0. The predicted molar refractivity (Wildman–Crippen MR) is 96.4 cm³/mol. The molecule has 0 bridgehead atoms. The molecule has 0 unspecified atom stereocenters. The fourth-order valence-corrected chi connectivity index (χ4v) is 4.18. The van der Waals surface area contributed by atoms with E-state index in [9.17, 15) is 4.79 Å². The molecule has 7 nitrogen and oxygen atoms in total. The number of esters is 1. The second-order valence-electron chi connectivity index (χ2n) is 5.01. The monoisotopic (exact) mass is 376 g/mol. The van der Waals surface area contributed by atoms with E-state index in [1.165, 1.54) is 31.8 Å². The molecular formula is C16H16N4O3S2. The van der Waals surface area contributed by atoms with E-state index in [1.807, 2.05) is 31.2 Å². The zero-order valence-electron chi connectivity index (χ0n) is 13.9. The van der Waals surface area contributed by atoms with Crippen molar-refractivity contribution in [3.63, 3.8) is 0 Å². The fourth-order valence-electron chi connectivity index (χ4n) is 2.25. The van der Waals surface area contributed by atoms with Crippen LogP contribution in [-0.4, -0.2) is 40.0 Å². The SMILES string of the molecule is CO/C=C(/C(=O)OC)c1ccccc1CSc1nn2c(C)nnc2s1. The van der Waals surface area contributed by atoms with Gasteiger partial charge >= 0.3 is 5.97 Å². The lowest BCUT2D eigenvalue weighted by molar-refractivity contribution is -0.133. The van der Waals surface area contributed by atoms with E-state index in [1.54, 1.807) is 16.3 Å². The van der Waals surface area contributed by atoms with Crippen LogP contribution in [0.25, 0.3) is 10.5 Å². The lowest BCUT2D eigenvalue weighted by Gasteiger charge is -2.10. The van der Waals surface area contributed by atoms with E-state index < -0.39 is 5.97 Å². The van der Waals surface area contributed by atoms with Crippen LogP contribution in [0.1, 0.15) is 17.0 Å². The van der Waals surface area contributed by atoms with E-state index in [4.69, 9.17) is 9.47 Å². The molecule has 0 radical (unpaired) electrons. The summed E-state index contributed by atoms with van der Waals surface area (Å²) in [6.45, 7) is 1.86. The number of hydrogen-bond acceptors (Lipinski definition) is 8. The van der Waals surface area contributed by atoms with Gasteiger partial charge < -0.3 is 9.47 Å². The minimum atomic E-state index is -0.436. The molecule has 0 amide bonds. The number of ether oxygens (including phenoxy) is 2. The summed E-state index contributed by atoms with van der Waals surface area (Å²) >= 11 is 3.06. The number of aryl methyl sites for hydroxylation is 1. The molecule has 25 heavy (non-hydrogen) atoms. The van der Waals surface area contributed by atoms with Gasteiger partial charge in [0.25, 0.3) is 0 Å². The number of hydrogen-bond donors (Lipinski definition) is 0. The van der Waals surface area contributed by atoms with Gasteiger partial charge in [0, 0.05) is 5.75 Å². The number of aromatic nitrogens is 4. The van der Waals surface area contributed by atoms with E-state index in [0.29, 0.717) is 11.3 Å². The first kappa shape index (κ1) is 17.4. The number of benzene rings is 1. The van der Waals surface area contributed by atoms with E-state index >= 15 is 0 Å². The Morgan fingerprint density at radius 2 is 2.12 bits per heavy atom. The van der Waals surface area contributed by atoms with Crippen molar-refractivity contribution in [3.8, 4) is 0 Å². The smallest absolute Gasteiger partial charge is 0.341 e. The topological polar surface area (TPSA) is 78.6 Å². The Hall–Kier alpha value is -2.39. The number of carbonyl (C=O) groups excluding carboxylic acids is 1. The highest BCUT2D eigenvalue weighted by molar-refractivity contribution is 8.00. The van der Waals surface area contributed by atoms with Crippen molar-refractivity contribution in [2.24, 2.45) is 0 Å². The number of thioether (sulfide) groups is 1. The molecule has 3 aromatic rings. The van der Waals surface area contributed by atoms with Crippen molar-refractivity contribution < 1.29 is 14.3 Å². The first-order valence-corrected chi connectivity index (χ1v) is 9.15. The standard InChI is InChI=1S/C16H16N4O3S2/c1-10-17-18-15-20(10)19-16(25-15)24-9-11-6-4-5-7-12(11)13(8-22-2)14(21)23-3/h4-8H,9H2,1-3H3/b13-8+. The molecule has 9 heteroatoms. The Morgan fingerprint density at radius 3 is 2.84 bits per heavy atom. The Labute approximate surface area is 152 Å². The van der Waals surface area contributed by atoms with Crippen LogP contribution in [0.5, 0.6) is 0 Å². The van der Waals surface area contributed by atoms with Crippen molar-refractivity contribution in [1.82, 2.24) is 19.8 Å². The van der Waals surface area contributed by atoms with Gasteiger partial charge in [-0.25, -0.2) is 4.79 Å². The fraction of sp³-hybridized carbons (Fsp3) is 0.250. The molecule has 0 aliphatic rings. The van der Waals surface area contributed by atoms with Gasteiger partial charge in [0.15, 0.2) is 10.2 Å². The Balaban J connectivity index is 1.85. The van der Waals surface area contributed by atoms with Crippen molar-refractivity contribution >= 4 is 39.6 Å². The molecule has 0 aliphatic heterocycles. The molecule has 2 heterocycles. The molecule has 0 aliphatic carbocycles. The van der Waals surface area contributed by atoms with Crippen LogP contribution < -0.4 is 0 Å². The molecule has 0 N–H and O–H groups in total. The van der Waals surface area contributed by atoms with Gasteiger partial charge in [-0.1, -0.05) is 47.4 Å². The first-order chi connectivity index (χ1) is 12.1. The van der Waals surface area contributed by atoms with Gasteiger partial charge in [0.1, 0.15) is 5.57 Å². The van der Waals surface area contributed by atoms with Gasteiger partial charge in [-0.3, -0.25) is 0 Å². The number of rotatable bonds is 6. The third-order valence-electron chi connectivity index (χ3n) is 3.43. The summed E-state index contributed by atoms with van der Waals surface area (Å²) in [5, 5.41) is 12.5. The van der Waals surface area contributed by atoms with Crippen molar-refractivity contribution in [2.45, 2.75) is 17.0 Å². The summed E-state index contributed by atoms with van der Waals surface area (Å²) in [6, 6.07) is 7.66. The summed E-state index contributed by atoms with van der Waals surface area (Å²) in [7, 11) is 2.85. The number of methoxy groups -OCH3 is 2. The van der Waals surface area contributed by atoms with Crippen molar-refractivity contribution in [1.29, 1.82) is 0 Å². The van der Waals surface area contributed by atoms with Gasteiger partial charge in [-0.05, 0) is 18.1 Å². The largest absolute Gasteiger partial charge is 0.503 e. The zero-order chi connectivity index (χ0) is 17.8. The van der Waals surface area contributed by atoms with Crippen molar-refractivity contribution in [3.05, 3.63) is 47.5 Å². The number of carbonyl (C=O) groups is 1. The molecule has 1 aromatic carbocycles. The molecule has 0 spiro atoms. The molecular weight excluding hydrogens is 360 g/mol. The highest BCUT2D eigenvalue weighted by Gasteiger charge is 2.17. The van der Waals surface area contributed by atoms with E-state index in [2.05, 4.69) is 15.3 Å². The summed E-state index contributed by atoms with van der Waals surface area (Å²) in [6.07, 6.45) is 1.40. The minimum Gasteiger partial charge on any atom is -0.503 e. The maximum Gasteiger partial charge on any atom is 0.341 e. The molecule has 0 fully saturated rings. The summed E-state index contributed by atoms with van der Waals surface area (Å²) in [4.78, 5) is 12.8. The third kappa shape index (κ3) is 3.67. The van der Waals surface area contributed by atoms with Gasteiger partial charge in [-0.15, -0.1) is 15.3 Å². The van der Waals surface area contributed by atoms with Crippen LogP contribution in [0.2, 0.25) is 0 Å². The summed E-state index contributed by atoms with van der Waals surface area (Å²) in [5.74, 6) is 0.973. The number of fused-ring (bicyclic) bond motifs is 1. The average molecular weight is 376 g/mol. The number of nitrogens with zero attached hydrogens (tertiary/aromatic N) is 4. The second-order valence-corrected chi connectivity index (χ2v) is 7.19. The summed E-state index contributed by atoms with van der Waals surface area (Å²) in [5.41, 5.74) is 2.15. The normalized spacial score (nSPS) is 11.7. The minimum absolute atomic E-state index is 0.384. The highest BCUT2D eigenvalue weighted by atomic mass is 32.2. The van der Waals surface area contributed by atoms with Crippen LogP contribution in [0.15, 0.2) is 34.9 Å². The Bertz CT molecular complexity index is 933.